The van der Waals surface area contributed by atoms with E-state index in [1.165, 1.54) is 11.3 Å². The molecule has 9 heteroatoms. The van der Waals surface area contributed by atoms with E-state index < -0.39 is 18.0 Å². The van der Waals surface area contributed by atoms with E-state index in [1.54, 1.807) is 6.07 Å². The first-order valence-electron chi connectivity index (χ1n) is 9.54. The summed E-state index contributed by atoms with van der Waals surface area (Å²) in [6.07, 6.45) is 0.0423. The van der Waals surface area contributed by atoms with Crippen molar-refractivity contribution in [1.29, 1.82) is 0 Å². The van der Waals surface area contributed by atoms with Crippen LogP contribution in [0, 0.1) is 0 Å². The number of primary amides is 2. The molecule has 0 saturated carbocycles. The van der Waals surface area contributed by atoms with Crippen molar-refractivity contribution in [3.05, 3.63) is 76.3 Å². The molecule has 0 aliphatic carbocycles. The van der Waals surface area contributed by atoms with Crippen molar-refractivity contribution in [2.24, 2.45) is 11.5 Å². The molecule has 0 fully saturated rings. The van der Waals surface area contributed by atoms with Crippen LogP contribution in [0.3, 0.4) is 0 Å². The van der Waals surface area contributed by atoms with E-state index in [0.717, 1.165) is 21.6 Å². The van der Waals surface area contributed by atoms with Crippen LogP contribution in [0.4, 0.5) is 9.80 Å². The van der Waals surface area contributed by atoms with Crippen molar-refractivity contribution in [2.45, 2.75) is 19.1 Å². The Kier molecular flexibility index (Phi) is 7.64. The van der Waals surface area contributed by atoms with E-state index in [9.17, 15) is 14.7 Å². The van der Waals surface area contributed by atoms with Gasteiger partial charge in [0, 0.05) is 23.0 Å². The quantitative estimate of drug-likeness (QED) is 0.336. The molecule has 1 heterocycles. The molecular weight excluding hydrogens is 436 g/mol. The summed E-state index contributed by atoms with van der Waals surface area (Å²) in [6.45, 7) is 1.06. The first-order valence-corrected chi connectivity index (χ1v) is 10.7. The molecule has 0 saturated heterocycles. The number of rotatable bonds is 9. The fourth-order valence-corrected chi connectivity index (χ4v) is 4.25. The zero-order valence-corrected chi connectivity index (χ0v) is 18.2. The summed E-state index contributed by atoms with van der Waals surface area (Å²) in [4.78, 5) is 23.5. The van der Waals surface area contributed by atoms with Crippen LogP contribution in [0.15, 0.2) is 54.6 Å². The summed E-state index contributed by atoms with van der Waals surface area (Å²) in [5, 5.41) is 16.9. The van der Waals surface area contributed by atoms with E-state index in [0.29, 0.717) is 29.5 Å². The van der Waals surface area contributed by atoms with Gasteiger partial charge in [0.15, 0.2) is 0 Å². The maximum atomic E-state index is 11.6. The van der Waals surface area contributed by atoms with Crippen molar-refractivity contribution < 1.29 is 14.7 Å². The van der Waals surface area contributed by atoms with Gasteiger partial charge < -0.3 is 21.9 Å². The zero-order chi connectivity index (χ0) is 22.4. The number of benzene rings is 2. The standard InChI is InChI=1S/C22H23ClN4O3S/c23-16-7-3-13(4-8-16)9-17(28)12-26-11-14-1-5-15(6-2-14)19-10-18(20(24)29)21(31-19)27-22(25)30/h1-8,10,17,26,28H,9,11-12H2,(H2,24,29)(H3,25,27,30). The number of anilines is 1. The van der Waals surface area contributed by atoms with E-state index >= 15 is 0 Å². The van der Waals surface area contributed by atoms with E-state index in [-0.39, 0.29) is 5.56 Å². The average molecular weight is 459 g/mol. The molecule has 31 heavy (non-hydrogen) atoms. The summed E-state index contributed by atoms with van der Waals surface area (Å²) >= 11 is 7.10. The highest BCUT2D eigenvalue weighted by Crippen LogP contribution is 2.35. The number of amides is 3. The smallest absolute Gasteiger partial charge is 0.317 e. The van der Waals surface area contributed by atoms with Crippen molar-refractivity contribution in [2.75, 3.05) is 11.9 Å². The topological polar surface area (TPSA) is 130 Å². The first kappa shape index (κ1) is 22.8. The first-order chi connectivity index (χ1) is 14.8. The van der Waals surface area contributed by atoms with Crippen molar-refractivity contribution in [1.82, 2.24) is 5.32 Å². The molecule has 7 nitrogen and oxygen atoms in total. The average Bonchev–Trinajstić information content (AvgIpc) is 3.13. The molecule has 1 aromatic heterocycles. The van der Waals surface area contributed by atoms with Gasteiger partial charge in [0.05, 0.1) is 11.7 Å². The normalized spacial score (nSPS) is 11.8. The Morgan fingerprint density at radius 2 is 1.68 bits per heavy atom. The van der Waals surface area contributed by atoms with Crippen molar-refractivity contribution in [3.8, 4) is 10.4 Å². The molecule has 0 aliphatic heterocycles. The minimum absolute atomic E-state index is 0.221. The summed E-state index contributed by atoms with van der Waals surface area (Å²) < 4.78 is 0. The molecule has 162 valence electrons. The molecule has 3 amide bonds. The lowest BCUT2D eigenvalue weighted by Crippen LogP contribution is -2.28. The second-order valence-electron chi connectivity index (χ2n) is 7.02. The number of nitrogens with two attached hydrogens (primary N) is 2. The fraction of sp³-hybridized carbons (Fsp3) is 0.182. The summed E-state index contributed by atoms with van der Waals surface area (Å²) in [7, 11) is 0. The molecule has 7 N–H and O–H groups in total. The van der Waals surface area contributed by atoms with Gasteiger partial charge in [-0.25, -0.2) is 4.79 Å². The van der Waals surface area contributed by atoms with Crippen LogP contribution in [0.1, 0.15) is 21.5 Å². The van der Waals surface area contributed by atoms with Crippen LogP contribution in [0.5, 0.6) is 0 Å². The predicted octanol–water partition coefficient (Wildman–Crippen LogP) is 3.35. The molecule has 0 radical (unpaired) electrons. The second kappa shape index (κ2) is 10.4. The lowest BCUT2D eigenvalue weighted by Gasteiger charge is -2.12. The van der Waals surface area contributed by atoms with Gasteiger partial charge in [-0.15, -0.1) is 11.3 Å². The number of carbonyl (C=O) groups is 2. The van der Waals surface area contributed by atoms with Gasteiger partial charge in [-0.2, -0.15) is 0 Å². The van der Waals surface area contributed by atoms with Gasteiger partial charge in [0.1, 0.15) is 5.00 Å². The van der Waals surface area contributed by atoms with Gasteiger partial charge in [0.25, 0.3) is 5.91 Å². The predicted molar refractivity (Wildman–Crippen MR) is 124 cm³/mol. The highest BCUT2D eigenvalue weighted by Gasteiger charge is 2.16. The number of halogens is 1. The molecule has 0 aliphatic rings. The van der Waals surface area contributed by atoms with Crippen LogP contribution in [0.2, 0.25) is 5.02 Å². The van der Waals surface area contributed by atoms with Crippen LogP contribution in [-0.2, 0) is 13.0 Å². The third kappa shape index (κ3) is 6.53. The maximum absolute atomic E-state index is 11.6. The lowest BCUT2D eigenvalue weighted by atomic mass is 10.1. The Morgan fingerprint density at radius 1 is 1.03 bits per heavy atom. The van der Waals surface area contributed by atoms with Crippen molar-refractivity contribution >= 4 is 39.9 Å². The minimum atomic E-state index is -0.754. The van der Waals surface area contributed by atoms with Gasteiger partial charge in [-0.3, -0.25) is 10.1 Å². The third-order valence-electron chi connectivity index (χ3n) is 4.57. The number of carbonyl (C=O) groups excluding carboxylic acids is 2. The van der Waals surface area contributed by atoms with Crippen LogP contribution < -0.4 is 22.1 Å². The zero-order valence-electron chi connectivity index (χ0n) is 16.6. The van der Waals surface area contributed by atoms with Gasteiger partial charge in [-0.05, 0) is 41.3 Å². The molecule has 1 unspecified atom stereocenters. The number of hydrogen-bond donors (Lipinski definition) is 5. The Balaban J connectivity index is 1.56. The molecule has 3 aromatic rings. The number of thiophene rings is 1. The molecule has 2 aromatic carbocycles. The highest BCUT2D eigenvalue weighted by molar-refractivity contribution is 7.20. The van der Waals surface area contributed by atoms with E-state index in [2.05, 4.69) is 10.6 Å². The van der Waals surface area contributed by atoms with Crippen LogP contribution >= 0.6 is 22.9 Å². The van der Waals surface area contributed by atoms with E-state index in [1.807, 2.05) is 48.5 Å². The SMILES string of the molecule is NC(=O)Nc1sc(-c2ccc(CNCC(O)Cc3ccc(Cl)cc3)cc2)cc1C(N)=O. The van der Waals surface area contributed by atoms with Crippen LogP contribution in [-0.4, -0.2) is 29.7 Å². The minimum Gasteiger partial charge on any atom is -0.391 e. The summed E-state index contributed by atoms with van der Waals surface area (Å²) in [5.41, 5.74) is 13.7. The van der Waals surface area contributed by atoms with Crippen molar-refractivity contribution in [3.63, 3.8) is 0 Å². The fourth-order valence-electron chi connectivity index (χ4n) is 3.06. The highest BCUT2D eigenvalue weighted by atomic mass is 35.5. The Morgan fingerprint density at radius 3 is 2.29 bits per heavy atom. The molecule has 3 rings (SSSR count). The van der Waals surface area contributed by atoms with Gasteiger partial charge in [0.2, 0.25) is 0 Å². The Hall–Kier alpha value is -2.91. The maximum Gasteiger partial charge on any atom is 0.317 e. The van der Waals surface area contributed by atoms with E-state index in [4.69, 9.17) is 23.1 Å². The van der Waals surface area contributed by atoms with Gasteiger partial charge in [-0.1, -0.05) is 48.0 Å². The summed E-state index contributed by atoms with van der Waals surface area (Å²) in [5.74, 6) is -0.635. The number of urea groups is 1. The number of aliphatic hydroxyl groups excluding tert-OH is 1. The number of aliphatic hydroxyl groups is 1. The molecule has 0 bridgehead atoms. The van der Waals surface area contributed by atoms with Gasteiger partial charge >= 0.3 is 6.03 Å². The Labute approximate surface area is 189 Å². The van der Waals surface area contributed by atoms with Crippen LogP contribution in [0.25, 0.3) is 10.4 Å². The molecular formula is C22H23ClN4O3S. The number of hydrogen-bond acceptors (Lipinski definition) is 5. The monoisotopic (exact) mass is 458 g/mol. The largest absolute Gasteiger partial charge is 0.391 e. The second-order valence-corrected chi connectivity index (χ2v) is 8.51. The Bertz CT molecular complexity index is 1050. The third-order valence-corrected chi connectivity index (χ3v) is 5.92. The number of nitrogens with one attached hydrogen (secondary N) is 2. The summed E-state index contributed by atoms with van der Waals surface area (Å²) in [6, 6.07) is 16.1. The lowest BCUT2D eigenvalue weighted by molar-refractivity contribution is 0.100. The molecule has 1 atom stereocenters. The molecule has 0 spiro atoms.